The molecule has 0 aliphatic rings. The zero-order valence-electron chi connectivity index (χ0n) is 12.2. The van der Waals surface area contributed by atoms with Crippen molar-refractivity contribution in [2.45, 2.75) is 13.0 Å². The van der Waals surface area contributed by atoms with Crippen LogP contribution in [-0.4, -0.2) is 34.7 Å². The molecule has 2 rings (SSSR count). The molecule has 1 aromatic carbocycles. The third-order valence-electron chi connectivity index (χ3n) is 2.94. The van der Waals surface area contributed by atoms with Crippen LogP contribution in [0.5, 0.6) is 0 Å². The van der Waals surface area contributed by atoms with Crippen molar-refractivity contribution in [2.75, 3.05) is 6.54 Å². The van der Waals surface area contributed by atoms with E-state index in [4.69, 9.17) is 4.74 Å². The second-order valence-corrected chi connectivity index (χ2v) is 4.61. The van der Waals surface area contributed by atoms with E-state index in [-0.39, 0.29) is 11.6 Å². The van der Waals surface area contributed by atoms with Crippen molar-refractivity contribution in [3.8, 4) is 11.3 Å². The third-order valence-corrected chi connectivity index (χ3v) is 2.94. The zero-order valence-corrected chi connectivity index (χ0v) is 12.2. The van der Waals surface area contributed by atoms with Crippen LogP contribution in [0, 0.1) is 0 Å². The first-order valence-corrected chi connectivity index (χ1v) is 6.82. The minimum Gasteiger partial charge on any atom is -0.448 e. The maximum absolute atomic E-state index is 12.0. The van der Waals surface area contributed by atoms with E-state index < -0.39 is 12.1 Å². The molecule has 1 amide bonds. The van der Waals surface area contributed by atoms with Crippen molar-refractivity contribution in [3.63, 3.8) is 0 Å². The maximum Gasteiger partial charge on any atom is 0.357 e. The van der Waals surface area contributed by atoms with Crippen LogP contribution in [0.4, 0.5) is 0 Å². The zero-order chi connectivity index (χ0) is 15.9. The lowest BCUT2D eigenvalue weighted by atomic mass is 10.1. The number of benzene rings is 1. The van der Waals surface area contributed by atoms with Gasteiger partial charge in [0.2, 0.25) is 0 Å². The summed E-state index contributed by atoms with van der Waals surface area (Å²) in [7, 11) is 0. The van der Waals surface area contributed by atoms with E-state index in [1.54, 1.807) is 12.1 Å². The van der Waals surface area contributed by atoms with E-state index in [1.807, 2.05) is 30.3 Å². The highest BCUT2D eigenvalue weighted by atomic mass is 16.5. The van der Waals surface area contributed by atoms with Gasteiger partial charge >= 0.3 is 5.97 Å². The van der Waals surface area contributed by atoms with Gasteiger partial charge in [-0.15, -0.1) is 6.58 Å². The topological polar surface area (TPSA) is 84.1 Å². The molecule has 6 heteroatoms. The molecule has 22 heavy (non-hydrogen) atoms. The minimum atomic E-state index is -0.893. The molecule has 0 unspecified atom stereocenters. The van der Waals surface area contributed by atoms with Gasteiger partial charge in [-0.05, 0) is 13.0 Å². The third kappa shape index (κ3) is 3.82. The SMILES string of the molecule is C=CCNC(=O)[C@H](C)OC(=O)c1cc(-c2ccccc2)n[nH]1. The highest BCUT2D eigenvalue weighted by Gasteiger charge is 2.20. The molecule has 114 valence electrons. The van der Waals surface area contributed by atoms with Gasteiger partial charge in [-0.1, -0.05) is 36.4 Å². The highest BCUT2D eigenvalue weighted by molar-refractivity contribution is 5.91. The average Bonchev–Trinajstić information content (AvgIpc) is 3.03. The summed E-state index contributed by atoms with van der Waals surface area (Å²) in [6.07, 6.45) is 0.656. The number of carbonyl (C=O) groups is 2. The second kappa shape index (κ2) is 7.21. The Labute approximate surface area is 128 Å². The molecule has 1 atom stereocenters. The number of hydrogen-bond acceptors (Lipinski definition) is 4. The summed E-state index contributed by atoms with van der Waals surface area (Å²) < 4.78 is 5.09. The first kappa shape index (κ1) is 15.5. The first-order chi connectivity index (χ1) is 10.6. The first-order valence-electron chi connectivity index (χ1n) is 6.82. The van der Waals surface area contributed by atoms with E-state index in [2.05, 4.69) is 22.1 Å². The molecule has 0 spiro atoms. The average molecular weight is 299 g/mol. The van der Waals surface area contributed by atoms with Crippen molar-refractivity contribution in [1.82, 2.24) is 15.5 Å². The molecular weight excluding hydrogens is 282 g/mol. The van der Waals surface area contributed by atoms with Gasteiger partial charge in [-0.2, -0.15) is 5.10 Å². The summed E-state index contributed by atoms with van der Waals surface area (Å²) in [6, 6.07) is 11.0. The maximum atomic E-state index is 12.0. The molecule has 0 aliphatic carbocycles. The largest absolute Gasteiger partial charge is 0.448 e. The van der Waals surface area contributed by atoms with Crippen molar-refractivity contribution in [1.29, 1.82) is 0 Å². The standard InChI is InChI=1S/C16H17N3O3/c1-3-9-17-15(20)11(2)22-16(21)14-10-13(18-19-14)12-7-5-4-6-8-12/h3-8,10-11H,1,9H2,2H3,(H,17,20)(H,18,19)/t11-/m0/s1. The predicted molar refractivity (Wildman–Crippen MR) is 82.1 cm³/mol. The van der Waals surface area contributed by atoms with Crippen molar-refractivity contribution >= 4 is 11.9 Å². The van der Waals surface area contributed by atoms with Crippen LogP contribution >= 0.6 is 0 Å². The summed E-state index contributed by atoms with van der Waals surface area (Å²) in [4.78, 5) is 23.6. The fourth-order valence-corrected chi connectivity index (χ4v) is 1.78. The number of rotatable bonds is 6. The van der Waals surface area contributed by atoms with Crippen LogP contribution in [0.3, 0.4) is 0 Å². The van der Waals surface area contributed by atoms with E-state index in [0.29, 0.717) is 12.2 Å². The molecule has 0 radical (unpaired) electrons. The van der Waals surface area contributed by atoms with Crippen LogP contribution in [0.25, 0.3) is 11.3 Å². The summed E-state index contributed by atoms with van der Waals surface area (Å²) >= 11 is 0. The number of nitrogens with zero attached hydrogens (tertiary/aromatic N) is 1. The van der Waals surface area contributed by atoms with Crippen molar-refractivity contribution < 1.29 is 14.3 Å². The van der Waals surface area contributed by atoms with Gasteiger partial charge < -0.3 is 10.1 Å². The molecule has 2 aromatic rings. The van der Waals surface area contributed by atoms with Gasteiger partial charge in [-0.3, -0.25) is 9.89 Å². The number of aromatic nitrogens is 2. The number of aromatic amines is 1. The number of amides is 1. The van der Waals surface area contributed by atoms with Crippen LogP contribution in [-0.2, 0) is 9.53 Å². The fraction of sp³-hybridized carbons (Fsp3) is 0.188. The Morgan fingerprint density at radius 3 is 2.82 bits per heavy atom. The van der Waals surface area contributed by atoms with Gasteiger partial charge in [0.1, 0.15) is 5.69 Å². The summed E-state index contributed by atoms with van der Waals surface area (Å²) in [5.41, 5.74) is 1.72. The highest BCUT2D eigenvalue weighted by Crippen LogP contribution is 2.17. The van der Waals surface area contributed by atoms with Crippen LogP contribution in [0.15, 0.2) is 49.1 Å². The summed E-state index contributed by atoms with van der Waals surface area (Å²) in [6.45, 7) is 5.32. The number of hydrogen-bond donors (Lipinski definition) is 2. The predicted octanol–water partition coefficient (Wildman–Crippen LogP) is 1.92. The Bertz CT molecular complexity index is 664. The Morgan fingerprint density at radius 1 is 1.41 bits per heavy atom. The summed E-state index contributed by atoms with van der Waals surface area (Å²) in [5.74, 6) is -1.01. The van der Waals surface area contributed by atoms with E-state index in [0.717, 1.165) is 5.56 Å². The lowest BCUT2D eigenvalue weighted by Gasteiger charge is -2.11. The molecule has 1 aromatic heterocycles. The van der Waals surface area contributed by atoms with Gasteiger partial charge in [0.15, 0.2) is 6.10 Å². The van der Waals surface area contributed by atoms with E-state index in [1.165, 1.54) is 6.92 Å². The Morgan fingerprint density at radius 2 is 2.14 bits per heavy atom. The lowest BCUT2D eigenvalue weighted by Crippen LogP contribution is -2.35. The quantitative estimate of drug-likeness (QED) is 0.630. The fourth-order valence-electron chi connectivity index (χ4n) is 1.78. The summed E-state index contributed by atoms with van der Waals surface area (Å²) in [5, 5.41) is 9.25. The van der Waals surface area contributed by atoms with Gasteiger partial charge in [0.25, 0.3) is 5.91 Å². The molecule has 1 heterocycles. The van der Waals surface area contributed by atoms with Gasteiger partial charge in [0.05, 0.1) is 5.69 Å². The molecule has 2 N–H and O–H groups in total. The normalized spacial score (nSPS) is 11.5. The van der Waals surface area contributed by atoms with Gasteiger partial charge in [-0.25, -0.2) is 4.79 Å². The Hall–Kier alpha value is -2.89. The smallest absolute Gasteiger partial charge is 0.357 e. The molecule has 0 bridgehead atoms. The van der Waals surface area contributed by atoms with E-state index in [9.17, 15) is 9.59 Å². The number of nitrogens with one attached hydrogen (secondary N) is 2. The molecular formula is C16H17N3O3. The molecule has 0 saturated heterocycles. The second-order valence-electron chi connectivity index (χ2n) is 4.61. The number of H-pyrrole nitrogens is 1. The lowest BCUT2D eigenvalue weighted by molar-refractivity contribution is -0.128. The molecule has 6 nitrogen and oxygen atoms in total. The number of esters is 1. The van der Waals surface area contributed by atoms with Crippen molar-refractivity contribution in [3.05, 3.63) is 54.7 Å². The van der Waals surface area contributed by atoms with E-state index >= 15 is 0 Å². The van der Waals surface area contributed by atoms with Crippen LogP contribution in [0.1, 0.15) is 17.4 Å². The molecule has 0 fully saturated rings. The Balaban J connectivity index is 2.00. The molecule has 0 aliphatic heterocycles. The van der Waals surface area contributed by atoms with Crippen LogP contribution < -0.4 is 5.32 Å². The minimum absolute atomic E-state index is 0.197. The monoisotopic (exact) mass is 299 g/mol. The van der Waals surface area contributed by atoms with Gasteiger partial charge in [0, 0.05) is 12.1 Å². The number of ether oxygens (including phenoxy) is 1. The van der Waals surface area contributed by atoms with Crippen LogP contribution in [0.2, 0.25) is 0 Å². The Kier molecular flexibility index (Phi) is 5.08. The molecule has 0 saturated carbocycles. The number of carbonyl (C=O) groups excluding carboxylic acids is 2. The van der Waals surface area contributed by atoms with Crippen molar-refractivity contribution in [2.24, 2.45) is 0 Å².